The zero-order valence-electron chi connectivity index (χ0n) is 8.97. The lowest BCUT2D eigenvalue weighted by atomic mass is 10.1. The van der Waals surface area contributed by atoms with Gasteiger partial charge in [-0.1, -0.05) is 29.8 Å². The van der Waals surface area contributed by atoms with Crippen molar-refractivity contribution in [3.63, 3.8) is 0 Å². The number of aryl methyl sites for hydroxylation is 2. The largest absolute Gasteiger partial charge is 0.311 e. The summed E-state index contributed by atoms with van der Waals surface area (Å²) in [5.74, 6) is 0. The quantitative estimate of drug-likeness (QED) is 0.716. The van der Waals surface area contributed by atoms with Gasteiger partial charge in [-0.3, -0.25) is 0 Å². The molecule has 0 aliphatic rings. The maximum absolute atomic E-state index is 11.8. The van der Waals surface area contributed by atoms with E-state index in [2.05, 4.69) is 29.6 Å². The van der Waals surface area contributed by atoms with Crippen molar-refractivity contribution in [1.29, 1.82) is 0 Å². The van der Waals surface area contributed by atoms with Gasteiger partial charge in [0.05, 0.1) is 6.54 Å². The summed E-state index contributed by atoms with van der Waals surface area (Å²) in [7, 11) is 0. The van der Waals surface area contributed by atoms with Crippen molar-refractivity contribution in [3.05, 3.63) is 35.4 Å². The Morgan fingerprint density at radius 1 is 1.20 bits per heavy atom. The Bertz CT molecular complexity index is 269. The molecule has 0 amide bonds. The SMILES string of the molecule is Cc1ccc(CCCNCC(F)F)cc1. The molecule has 0 atom stereocenters. The summed E-state index contributed by atoms with van der Waals surface area (Å²) in [6.45, 7) is 2.50. The third kappa shape index (κ3) is 5.47. The van der Waals surface area contributed by atoms with E-state index >= 15 is 0 Å². The minimum absolute atomic E-state index is 0.200. The van der Waals surface area contributed by atoms with Crippen molar-refractivity contribution in [2.75, 3.05) is 13.1 Å². The molecule has 0 bridgehead atoms. The molecule has 0 aliphatic heterocycles. The van der Waals surface area contributed by atoms with Crippen molar-refractivity contribution in [2.45, 2.75) is 26.2 Å². The number of alkyl halides is 2. The number of nitrogens with one attached hydrogen (secondary N) is 1. The summed E-state index contributed by atoms with van der Waals surface area (Å²) in [4.78, 5) is 0. The fraction of sp³-hybridized carbons (Fsp3) is 0.500. The molecule has 0 heterocycles. The number of hydrogen-bond donors (Lipinski definition) is 1. The van der Waals surface area contributed by atoms with E-state index < -0.39 is 6.43 Å². The Morgan fingerprint density at radius 2 is 1.87 bits per heavy atom. The molecule has 1 aromatic rings. The van der Waals surface area contributed by atoms with E-state index in [1.54, 1.807) is 0 Å². The van der Waals surface area contributed by atoms with Gasteiger partial charge in [-0.05, 0) is 31.9 Å². The van der Waals surface area contributed by atoms with E-state index in [-0.39, 0.29) is 6.54 Å². The summed E-state index contributed by atoms with van der Waals surface area (Å²) >= 11 is 0. The first-order valence-corrected chi connectivity index (χ1v) is 5.23. The van der Waals surface area contributed by atoms with E-state index in [0.717, 1.165) is 12.8 Å². The van der Waals surface area contributed by atoms with E-state index in [1.165, 1.54) is 11.1 Å². The predicted molar refractivity (Wildman–Crippen MR) is 58.4 cm³/mol. The van der Waals surface area contributed by atoms with Crippen LogP contribution < -0.4 is 5.32 Å². The highest BCUT2D eigenvalue weighted by molar-refractivity contribution is 5.21. The van der Waals surface area contributed by atoms with Crippen LogP contribution in [-0.4, -0.2) is 19.5 Å². The van der Waals surface area contributed by atoms with Crippen LogP contribution in [-0.2, 0) is 6.42 Å². The van der Waals surface area contributed by atoms with Crippen LogP contribution in [0.2, 0.25) is 0 Å². The second kappa shape index (κ2) is 6.51. The maximum Gasteiger partial charge on any atom is 0.250 e. The van der Waals surface area contributed by atoms with Gasteiger partial charge in [-0.15, -0.1) is 0 Å². The van der Waals surface area contributed by atoms with Crippen LogP contribution in [0.3, 0.4) is 0 Å². The van der Waals surface area contributed by atoms with Crippen molar-refractivity contribution in [3.8, 4) is 0 Å². The van der Waals surface area contributed by atoms with Crippen molar-refractivity contribution in [2.24, 2.45) is 0 Å². The molecule has 84 valence electrons. The average Bonchev–Trinajstić information content (AvgIpc) is 2.20. The number of benzene rings is 1. The highest BCUT2D eigenvalue weighted by Gasteiger charge is 1.99. The van der Waals surface area contributed by atoms with Gasteiger partial charge < -0.3 is 5.32 Å². The van der Waals surface area contributed by atoms with Gasteiger partial charge in [0.25, 0.3) is 6.43 Å². The first kappa shape index (κ1) is 12.1. The molecule has 1 aromatic carbocycles. The van der Waals surface area contributed by atoms with E-state index in [9.17, 15) is 8.78 Å². The smallest absolute Gasteiger partial charge is 0.250 e. The maximum atomic E-state index is 11.8. The molecule has 1 nitrogen and oxygen atoms in total. The molecule has 0 unspecified atom stereocenters. The van der Waals surface area contributed by atoms with Gasteiger partial charge in [0.1, 0.15) is 0 Å². The first-order valence-electron chi connectivity index (χ1n) is 5.23. The molecule has 1 rings (SSSR count). The molecule has 0 aromatic heterocycles. The molecule has 0 radical (unpaired) electrons. The van der Waals surface area contributed by atoms with Crippen LogP contribution >= 0.6 is 0 Å². The standard InChI is InChI=1S/C12H17F2N/c1-10-4-6-11(7-5-10)3-2-8-15-9-12(13)14/h4-7,12,15H,2-3,8-9H2,1H3. The van der Waals surface area contributed by atoms with Gasteiger partial charge in [-0.2, -0.15) is 0 Å². The average molecular weight is 213 g/mol. The van der Waals surface area contributed by atoms with E-state index in [0.29, 0.717) is 6.54 Å². The van der Waals surface area contributed by atoms with E-state index in [1.807, 2.05) is 6.92 Å². The lowest BCUT2D eigenvalue weighted by Crippen LogP contribution is -2.22. The Hall–Kier alpha value is -0.960. The Balaban J connectivity index is 2.12. The molecule has 15 heavy (non-hydrogen) atoms. The number of halogens is 2. The lowest BCUT2D eigenvalue weighted by molar-refractivity contribution is 0.146. The van der Waals surface area contributed by atoms with Crippen molar-refractivity contribution in [1.82, 2.24) is 5.32 Å². The number of hydrogen-bond acceptors (Lipinski definition) is 1. The fourth-order valence-electron chi connectivity index (χ4n) is 1.38. The van der Waals surface area contributed by atoms with Crippen molar-refractivity contribution < 1.29 is 8.78 Å². The second-order valence-electron chi connectivity index (χ2n) is 3.68. The molecular formula is C12H17F2N. The van der Waals surface area contributed by atoms with Crippen LogP contribution in [0.25, 0.3) is 0 Å². The topological polar surface area (TPSA) is 12.0 Å². The van der Waals surface area contributed by atoms with Crippen LogP contribution in [0.15, 0.2) is 24.3 Å². The van der Waals surface area contributed by atoms with Crippen LogP contribution in [0.1, 0.15) is 17.5 Å². The molecule has 1 N–H and O–H groups in total. The van der Waals surface area contributed by atoms with Gasteiger partial charge in [-0.25, -0.2) is 8.78 Å². The molecule has 0 saturated carbocycles. The fourth-order valence-corrected chi connectivity index (χ4v) is 1.38. The van der Waals surface area contributed by atoms with Crippen LogP contribution in [0, 0.1) is 6.92 Å². The van der Waals surface area contributed by atoms with E-state index in [4.69, 9.17) is 0 Å². The second-order valence-corrected chi connectivity index (χ2v) is 3.68. The van der Waals surface area contributed by atoms with Gasteiger partial charge in [0.15, 0.2) is 0 Å². The summed E-state index contributed by atoms with van der Waals surface area (Å²) in [5.41, 5.74) is 2.51. The van der Waals surface area contributed by atoms with Gasteiger partial charge in [0.2, 0.25) is 0 Å². The van der Waals surface area contributed by atoms with Gasteiger partial charge >= 0.3 is 0 Å². The zero-order valence-corrected chi connectivity index (χ0v) is 8.97. The molecule has 0 aliphatic carbocycles. The summed E-state index contributed by atoms with van der Waals surface area (Å²) in [5, 5.41) is 2.72. The Morgan fingerprint density at radius 3 is 2.47 bits per heavy atom. The van der Waals surface area contributed by atoms with Crippen molar-refractivity contribution >= 4 is 0 Å². The minimum Gasteiger partial charge on any atom is -0.311 e. The third-order valence-electron chi connectivity index (χ3n) is 2.24. The summed E-state index contributed by atoms with van der Waals surface area (Å²) in [6, 6.07) is 8.31. The minimum atomic E-state index is -2.25. The first-order chi connectivity index (χ1) is 7.18. The Kier molecular flexibility index (Phi) is 5.26. The predicted octanol–water partition coefficient (Wildman–Crippen LogP) is 2.78. The summed E-state index contributed by atoms with van der Waals surface area (Å²) in [6.07, 6.45) is -0.406. The monoisotopic (exact) mass is 213 g/mol. The lowest BCUT2D eigenvalue weighted by Gasteiger charge is -2.04. The molecular weight excluding hydrogens is 196 g/mol. The molecule has 3 heteroatoms. The molecule has 0 saturated heterocycles. The highest BCUT2D eigenvalue weighted by atomic mass is 19.3. The third-order valence-corrected chi connectivity index (χ3v) is 2.24. The molecule has 0 fully saturated rings. The molecule has 0 spiro atoms. The summed E-state index contributed by atoms with van der Waals surface area (Å²) < 4.78 is 23.5. The van der Waals surface area contributed by atoms with Gasteiger partial charge in [0, 0.05) is 0 Å². The van der Waals surface area contributed by atoms with Crippen LogP contribution in [0.5, 0.6) is 0 Å². The van der Waals surface area contributed by atoms with Crippen LogP contribution in [0.4, 0.5) is 8.78 Å². The highest BCUT2D eigenvalue weighted by Crippen LogP contribution is 2.05. The zero-order chi connectivity index (χ0) is 11.1. The normalized spacial score (nSPS) is 10.9. The number of rotatable bonds is 6. The Labute approximate surface area is 89.5 Å².